The van der Waals surface area contributed by atoms with Crippen molar-refractivity contribution < 1.29 is 46.3 Å². The minimum atomic E-state index is 0. The fourth-order valence-electron chi connectivity index (χ4n) is 0. The molecule has 0 aromatic carbocycles. The maximum Gasteiger partial charge on any atom is 1.00 e. The maximum atomic E-state index is 8.00. The van der Waals surface area contributed by atoms with E-state index in [1.807, 2.05) is 0 Å². The third-order valence-corrected chi connectivity index (χ3v) is 0. The second-order valence-corrected chi connectivity index (χ2v) is 0.0745. The molecule has 0 amide bonds. The number of rotatable bonds is 0. The van der Waals surface area contributed by atoms with E-state index in [1.165, 1.54) is 0 Å². The summed E-state index contributed by atoms with van der Waals surface area (Å²) in [6.07, 6.45) is 0. The largest absolute Gasteiger partial charge is 1.00 e. The van der Waals surface area contributed by atoms with Gasteiger partial charge in [0.1, 0.15) is 0 Å². The predicted molar refractivity (Wildman–Crippen MR) is 15.1 cm³/mol. The summed E-state index contributed by atoms with van der Waals surface area (Å²) in [5.74, 6) is 0. The van der Waals surface area contributed by atoms with Crippen molar-refractivity contribution in [1.29, 1.82) is 0 Å². The second-order valence-electron chi connectivity index (χ2n) is 0.0745. The molecule has 0 bridgehead atoms. The average molecular weight is 146 g/mol. The summed E-state index contributed by atoms with van der Waals surface area (Å²) >= 11 is 0. The molecule has 0 aliphatic carbocycles. The summed E-state index contributed by atoms with van der Waals surface area (Å²) in [5, 5.41) is 9.00. The topological polar surface area (TPSA) is 89.0 Å². The van der Waals surface area contributed by atoms with Crippen molar-refractivity contribution >= 4 is 0 Å². The average Bonchev–Trinajstić information content (AvgIpc) is 0.918. The monoisotopic (exact) mass is 146 g/mol. The van der Waals surface area contributed by atoms with Gasteiger partial charge in [-0.15, -0.1) is 5.34 Å². The normalized spacial score (nSPS) is 2.00. The molecular formula is H4CoN2NaO2+. The molecule has 0 fully saturated rings. The van der Waals surface area contributed by atoms with Gasteiger partial charge in [0.2, 0.25) is 0 Å². The van der Waals surface area contributed by atoms with Gasteiger partial charge in [0.15, 0.2) is 0 Å². The summed E-state index contributed by atoms with van der Waals surface area (Å²) in [6.45, 7) is 0. The van der Waals surface area contributed by atoms with Crippen molar-refractivity contribution in [3.8, 4) is 0 Å². The van der Waals surface area contributed by atoms with E-state index in [-0.39, 0.29) is 52.5 Å². The third-order valence-electron chi connectivity index (χ3n) is 0. The Hall–Kier alpha value is 0.866. The van der Waals surface area contributed by atoms with Crippen molar-refractivity contribution in [3.63, 3.8) is 0 Å². The molecule has 0 unspecified atom stereocenters. The van der Waals surface area contributed by atoms with Crippen molar-refractivity contribution in [2.24, 2.45) is 5.34 Å². The Labute approximate surface area is 67.7 Å². The van der Waals surface area contributed by atoms with Gasteiger partial charge in [-0.3, -0.25) is 0 Å². The molecule has 0 saturated heterocycles. The van der Waals surface area contributed by atoms with Crippen molar-refractivity contribution in [2.45, 2.75) is 0 Å². The molecule has 0 aliphatic heterocycles. The summed E-state index contributed by atoms with van der Waals surface area (Å²) in [7, 11) is 0. The van der Waals surface area contributed by atoms with Crippen LogP contribution in [0.1, 0.15) is 0 Å². The SMILES string of the molecule is O=N[O-].[Co].[NH4+].[Na+]. The van der Waals surface area contributed by atoms with E-state index < -0.39 is 0 Å². The number of quaternary nitrogens is 1. The van der Waals surface area contributed by atoms with Gasteiger partial charge in [-0.25, -0.2) is 0 Å². The van der Waals surface area contributed by atoms with Crippen LogP contribution in [0.2, 0.25) is 0 Å². The quantitative estimate of drug-likeness (QED) is 0.235. The van der Waals surface area contributed by atoms with Gasteiger partial charge in [0.25, 0.3) is 0 Å². The van der Waals surface area contributed by atoms with Crippen LogP contribution in [0.15, 0.2) is 5.34 Å². The maximum absolute atomic E-state index is 8.00. The van der Waals surface area contributed by atoms with Crippen LogP contribution in [0.3, 0.4) is 0 Å². The molecule has 0 spiro atoms. The van der Waals surface area contributed by atoms with Gasteiger partial charge in [0.05, 0.1) is 0 Å². The van der Waals surface area contributed by atoms with Crippen LogP contribution < -0.4 is 35.7 Å². The summed E-state index contributed by atoms with van der Waals surface area (Å²) in [6, 6.07) is 0. The van der Waals surface area contributed by atoms with E-state index in [4.69, 9.17) is 10.1 Å². The van der Waals surface area contributed by atoms with Gasteiger partial charge in [-0.05, 0) is 0 Å². The van der Waals surface area contributed by atoms with Crippen molar-refractivity contribution in [2.75, 3.05) is 0 Å². The molecule has 0 aromatic heterocycles. The van der Waals surface area contributed by atoms with Crippen LogP contribution in [0, 0.1) is 10.1 Å². The Kier molecular flexibility index (Phi) is 191. The zero-order chi connectivity index (χ0) is 2.71. The molecule has 0 aromatic rings. The van der Waals surface area contributed by atoms with Crippen molar-refractivity contribution in [1.82, 2.24) is 6.15 Å². The summed E-state index contributed by atoms with van der Waals surface area (Å²) in [4.78, 5) is 8.00. The minimum absolute atomic E-state index is 0. The van der Waals surface area contributed by atoms with Crippen LogP contribution in [0.5, 0.6) is 0 Å². The Morgan fingerprint density at radius 3 is 1.50 bits per heavy atom. The molecule has 6 heteroatoms. The Morgan fingerprint density at radius 2 is 1.50 bits per heavy atom. The molecule has 0 atom stereocenters. The second kappa shape index (κ2) is 39.9. The molecule has 0 rings (SSSR count). The molecule has 4 nitrogen and oxygen atoms in total. The van der Waals surface area contributed by atoms with Crippen LogP contribution in [-0.4, -0.2) is 0 Å². The molecule has 0 aliphatic rings. The fraction of sp³-hybridized carbons (Fsp3) is 0. The molecule has 0 saturated carbocycles. The fourth-order valence-corrected chi connectivity index (χ4v) is 0. The number of hydrogen-bond acceptors (Lipinski definition) is 3. The van der Waals surface area contributed by atoms with Gasteiger partial charge >= 0.3 is 29.6 Å². The van der Waals surface area contributed by atoms with Gasteiger partial charge in [0, 0.05) is 16.8 Å². The van der Waals surface area contributed by atoms with Gasteiger partial charge < -0.3 is 16.3 Å². The first-order chi connectivity index (χ1) is 1.41. The zero-order valence-electron chi connectivity index (χ0n) is 3.60. The van der Waals surface area contributed by atoms with E-state index in [2.05, 4.69) is 0 Å². The van der Waals surface area contributed by atoms with Crippen LogP contribution >= 0.6 is 0 Å². The van der Waals surface area contributed by atoms with E-state index >= 15 is 0 Å². The summed E-state index contributed by atoms with van der Waals surface area (Å²) in [5.41, 5.74) is 0. The first kappa shape index (κ1) is 28.8. The number of nitrogens with zero attached hydrogens (tertiary/aromatic N) is 1. The predicted octanol–water partition coefficient (Wildman–Crippen LogP) is -2.37. The molecule has 4 N–H and O–H groups in total. The van der Waals surface area contributed by atoms with Crippen molar-refractivity contribution in [3.05, 3.63) is 10.1 Å². The molecule has 1 radical (unpaired) electrons. The first-order valence-electron chi connectivity index (χ1n) is 0.365. The smallest absolute Gasteiger partial charge is 0.444 e. The third kappa shape index (κ3) is 96.9. The molecule has 35 valence electrons. The zero-order valence-corrected chi connectivity index (χ0v) is 6.64. The standard InChI is InChI=1S/Co.HNO2.H3N.Na/c;2-1-3;;/h;(H,2,3);1H3;/q;;;+1. The Morgan fingerprint density at radius 1 is 1.50 bits per heavy atom. The van der Waals surface area contributed by atoms with E-state index in [9.17, 15) is 0 Å². The Bertz CT molecular complexity index is 19.0. The van der Waals surface area contributed by atoms with Crippen LogP contribution in [0.25, 0.3) is 0 Å². The van der Waals surface area contributed by atoms with Crippen LogP contribution in [-0.2, 0) is 16.8 Å². The van der Waals surface area contributed by atoms with E-state index in [0.717, 1.165) is 5.34 Å². The first-order valence-corrected chi connectivity index (χ1v) is 0.365. The van der Waals surface area contributed by atoms with Gasteiger partial charge in [-0.1, -0.05) is 0 Å². The van der Waals surface area contributed by atoms with E-state index in [0.29, 0.717) is 0 Å². The molecular weight excluding hydrogens is 142 g/mol. The van der Waals surface area contributed by atoms with Gasteiger partial charge in [-0.2, -0.15) is 0 Å². The number of hydrogen-bond donors (Lipinski definition) is 1. The minimum Gasteiger partial charge on any atom is -0.444 e. The summed E-state index contributed by atoms with van der Waals surface area (Å²) < 4.78 is 0. The molecule has 0 heterocycles. The molecule has 6 heavy (non-hydrogen) atoms. The Balaban J connectivity index is -0.00000000667. The van der Waals surface area contributed by atoms with E-state index in [1.54, 1.807) is 0 Å². The van der Waals surface area contributed by atoms with Crippen LogP contribution in [0.4, 0.5) is 0 Å².